The molecule has 0 atom stereocenters. The van der Waals surface area contributed by atoms with E-state index in [0.717, 1.165) is 37.4 Å². The number of hydrogen-bond acceptors (Lipinski definition) is 3. The largest absolute Gasteiger partial charge is 0.309 e. The van der Waals surface area contributed by atoms with Gasteiger partial charge in [-0.25, -0.2) is 9.38 Å². The molecule has 8 aromatic rings. The number of rotatable bonds is 1. The summed E-state index contributed by atoms with van der Waals surface area (Å²) in [5.41, 5.74) is 10.2. The van der Waals surface area contributed by atoms with Crippen LogP contribution in [0.15, 0.2) is 108 Å². The smallest absolute Gasteiger partial charge is 0.266 e. The summed E-state index contributed by atoms with van der Waals surface area (Å²) in [4.78, 5) is 19.3. The molecular weight excluding hydrogens is 510 g/mol. The summed E-state index contributed by atoms with van der Waals surface area (Å²) in [7, 11) is 0. The molecule has 0 bridgehead atoms. The van der Waals surface area contributed by atoms with E-state index in [1.54, 1.807) is 15.7 Å². The zero-order chi connectivity index (χ0) is 26.7. The zero-order valence-corrected chi connectivity index (χ0v) is 22.8. The molecule has 0 saturated heterocycles. The van der Waals surface area contributed by atoms with E-state index in [4.69, 9.17) is 4.98 Å². The van der Waals surface area contributed by atoms with Crippen LogP contribution in [-0.2, 0) is 5.41 Å². The lowest BCUT2D eigenvalue weighted by atomic mass is 9.82. The van der Waals surface area contributed by atoms with Gasteiger partial charge in [-0.3, -0.25) is 4.79 Å². The molecule has 9 rings (SSSR count). The number of imidazole rings is 1. The minimum atomic E-state index is -0.0945. The van der Waals surface area contributed by atoms with Crippen molar-refractivity contribution in [3.8, 4) is 16.8 Å². The molecule has 0 radical (unpaired) electrons. The van der Waals surface area contributed by atoms with Gasteiger partial charge in [0, 0.05) is 26.6 Å². The average molecular weight is 534 g/mol. The Morgan fingerprint density at radius 2 is 1.45 bits per heavy atom. The van der Waals surface area contributed by atoms with Gasteiger partial charge in [-0.2, -0.15) is 0 Å². The van der Waals surface area contributed by atoms with Crippen molar-refractivity contribution in [1.82, 2.24) is 14.0 Å². The van der Waals surface area contributed by atoms with Gasteiger partial charge in [-0.1, -0.05) is 79.8 Å². The van der Waals surface area contributed by atoms with Crippen molar-refractivity contribution >= 4 is 59.2 Å². The number of benzene rings is 5. The number of para-hydroxylation sites is 3. The summed E-state index contributed by atoms with van der Waals surface area (Å²) in [6, 6.07) is 36.2. The highest BCUT2D eigenvalue weighted by Gasteiger charge is 2.36. The van der Waals surface area contributed by atoms with Crippen molar-refractivity contribution < 1.29 is 0 Å². The second kappa shape index (κ2) is 7.46. The minimum Gasteiger partial charge on any atom is -0.309 e. The van der Waals surface area contributed by atoms with Crippen LogP contribution in [0.2, 0.25) is 0 Å². The Hall–Kier alpha value is -4.74. The third-order valence-corrected chi connectivity index (χ3v) is 9.79. The van der Waals surface area contributed by atoms with Gasteiger partial charge in [0.1, 0.15) is 0 Å². The van der Waals surface area contributed by atoms with Crippen LogP contribution < -0.4 is 5.56 Å². The van der Waals surface area contributed by atoms with Crippen molar-refractivity contribution in [3.63, 3.8) is 0 Å². The molecule has 3 heterocycles. The highest BCUT2D eigenvalue weighted by atomic mass is 32.1. The van der Waals surface area contributed by atoms with Crippen LogP contribution in [0.5, 0.6) is 0 Å². The Morgan fingerprint density at radius 1 is 0.675 bits per heavy atom. The summed E-state index contributed by atoms with van der Waals surface area (Å²) in [5, 5.41) is 3.14. The lowest BCUT2D eigenvalue weighted by Crippen LogP contribution is -2.15. The molecule has 190 valence electrons. The van der Waals surface area contributed by atoms with E-state index < -0.39 is 0 Å². The van der Waals surface area contributed by atoms with Gasteiger partial charge in [0.15, 0.2) is 4.96 Å². The van der Waals surface area contributed by atoms with Crippen LogP contribution in [0.4, 0.5) is 0 Å². The van der Waals surface area contributed by atoms with Crippen LogP contribution >= 0.6 is 11.3 Å². The first-order chi connectivity index (χ1) is 19.5. The fourth-order valence-electron chi connectivity index (χ4n) is 6.84. The monoisotopic (exact) mass is 533 g/mol. The standard InChI is InChI=1S/C35H23N3OS/c1-35(2)26-11-5-3-9-21(26)23-18-24-22-10-4-7-13-29(22)37(31(24)19-27(23)35)20-15-16-32-25(17-20)33(39)38-30-14-8-6-12-28(30)36-34(38)40-32/h3-19H,1-2H3. The topological polar surface area (TPSA) is 39.3 Å². The van der Waals surface area contributed by atoms with E-state index in [9.17, 15) is 4.79 Å². The molecule has 0 amide bonds. The highest BCUT2D eigenvalue weighted by molar-refractivity contribution is 7.23. The first-order valence-corrected chi connectivity index (χ1v) is 14.3. The molecule has 0 spiro atoms. The molecule has 0 unspecified atom stereocenters. The van der Waals surface area contributed by atoms with Crippen molar-refractivity contribution in [2.45, 2.75) is 19.3 Å². The Labute approximate surface area is 233 Å². The van der Waals surface area contributed by atoms with Crippen LogP contribution in [0.1, 0.15) is 25.0 Å². The Morgan fingerprint density at radius 3 is 2.35 bits per heavy atom. The van der Waals surface area contributed by atoms with E-state index in [2.05, 4.69) is 97.3 Å². The first-order valence-electron chi connectivity index (χ1n) is 13.5. The number of hydrogen-bond donors (Lipinski definition) is 0. The van der Waals surface area contributed by atoms with Crippen LogP contribution in [0, 0.1) is 0 Å². The van der Waals surface area contributed by atoms with Crippen molar-refractivity contribution in [2.24, 2.45) is 0 Å². The van der Waals surface area contributed by atoms with Gasteiger partial charge in [0.2, 0.25) is 0 Å². The lowest BCUT2D eigenvalue weighted by molar-refractivity contribution is 0.661. The maximum Gasteiger partial charge on any atom is 0.266 e. The fraction of sp³-hybridized carbons (Fsp3) is 0.0857. The van der Waals surface area contributed by atoms with Crippen LogP contribution in [0.3, 0.4) is 0 Å². The maximum atomic E-state index is 13.9. The molecule has 4 nitrogen and oxygen atoms in total. The number of aromatic nitrogens is 3. The molecule has 0 N–H and O–H groups in total. The molecule has 40 heavy (non-hydrogen) atoms. The Bertz CT molecular complexity index is 2440. The first kappa shape index (κ1) is 22.1. The average Bonchev–Trinajstić information content (AvgIpc) is 3.58. The Balaban J connectivity index is 1.37. The van der Waals surface area contributed by atoms with E-state index >= 15 is 0 Å². The van der Waals surface area contributed by atoms with Gasteiger partial charge in [-0.15, -0.1) is 0 Å². The molecule has 0 fully saturated rings. The quantitative estimate of drug-likeness (QED) is 0.212. The minimum absolute atomic E-state index is 0.0301. The van der Waals surface area contributed by atoms with Crippen LogP contribution in [0.25, 0.3) is 64.7 Å². The summed E-state index contributed by atoms with van der Waals surface area (Å²) in [6.45, 7) is 4.64. The van der Waals surface area contributed by atoms with Gasteiger partial charge in [0.05, 0.1) is 27.5 Å². The highest BCUT2D eigenvalue weighted by Crippen LogP contribution is 2.50. The third-order valence-electron chi connectivity index (χ3n) is 8.76. The van der Waals surface area contributed by atoms with E-state index in [1.165, 1.54) is 33.0 Å². The molecule has 3 aromatic heterocycles. The van der Waals surface area contributed by atoms with Crippen molar-refractivity contribution in [3.05, 3.63) is 125 Å². The summed E-state index contributed by atoms with van der Waals surface area (Å²) in [5.74, 6) is 0. The SMILES string of the molecule is CC1(C)c2ccccc2-c2cc3c4ccccc4n(-c4ccc5sc6nc7ccccc7n6c(=O)c5c4)c3cc21. The summed E-state index contributed by atoms with van der Waals surface area (Å²) < 4.78 is 5.02. The normalized spacial score (nSPS) is 14.1. The second-order valence-corrected chi connectivity index (χ2v) is 12.3. The van der Waals surface area contributed by atoms with Gasteiger partial charge < -0.3 is 4.57 Å². The zero-order valence-electron chi connectivity index (χ0n) is 22.0. The van der Waals surface area contributed by atoms with E-state index in [1.807, 2.05) is 24.3 Å². The molecule has 5 aromatic carbocycles. The Kier molecular flexibility index (Phi) is 4.13. The van der Waals surface area contributed by atoms with Gasteiger partial charge in [0.25, 0.3) is 5.56 Å². The summed E-state index contributed by atoms with van der Waals surface area (Å²) in [6.07, 6.45) is 0. The third kappa shape index (κ3) is 2.70. The lowest BCUT2D eigenvalue weighted by Gasteiger charge is -2.21. The van der Waals surface area contributed by atoms with Gasteiger partial charge in [-0.05, 0) is 70.8 Å². The molecule has 1 aliphatic carbocycles. The number of nitrogens with zero attached hydrogens (tertiary/aromatic N) is 3. The van der Waals surface area contributed by atoms with E-state index in [0.29, 0.717) is 5.39 Å². The number of fused-ring (bicyclic) bond motifs is 10. The fourth-order valence-corrected chi connectivity index (χ4v) is 7.85. The van der Waals surface area contributed by atoms with Crippen molar-refractivity contribution in [1.29, 1.82) is 0 Å². The molecule has 0 saturated carbocycles. The maximum absolute atomic E-state index is 13.9. The predicted octanol–water partition coefficient (Wildman–Crippen LogP) is 8.47. The molecule has 1 aliphatic rings. The van der Waals surface area contributed by atoms with Gasteiger partial charge >= 0.3 is 0 Å². The van der Waals surface area contributed by atoms with Crippen molar-refractivity contribution in [2.75, 3.05) is 0 Å². The second-order valence-electron chi connectivity index (χ2n) is 11.2. The predicted molar refractivity (Wildman–Crippen MR) is 166 cm³/mol. The van der Waals surface area contributed by atoms with Crippen LogP contribution in [-0.4, -0.2) is 14.0 Å². The molecular formula is C35H23N3OS. The molecule has 5 heteroatoms. The van der Waals surface area contributed by atoms with E-state index in [-0.39, 0.29) is 11.0 Å². The summed E-state index contributed by atoms with van der Waals surface area (Å²) >= 11 is 1.56. The molecule has 0 aliphatic heterocycles.